The number of rotatable bonds is 2. The van der Waals surface area contributed by atoms with Crippen molar-refractivity contribution >= 4 is 11.6 Å². The van der Waals surface area contributed by atoms with Crippen LogP contribution in [0.4, 0.5) is 0 Å². The molecule has 0 radical (unpaired) electrons. The summed E-state index contributed by atoms with van der Waals surface area (Å²) in [5.41, 5.74) is 0.597. The van der Waals surface area contributed by atoms with Crippen LogP contribution in [0.3, 0.4) is 0 Å². The molecule has 0 aliphatic heterocycles. The van der Waals surface area contributed by atoms with Gasteiger partial charge in [0.15, 0.2) is 0 Å². The first-order valence-corrected chi connectivity index (χ1v) is 8.81. The second kappa shape index (κ2) is 3.30. The molecule has 0 N–H and O–H groups in total. The topological polar surface area (TPSA) is 0 Å². The van der Waals surface area contributed by atoms with Crippen molar-refractivity contribution in [2.24, 2.45) is 46.8 Å². The van der Waals surface area contributed by atoms with E-state index in [0.717, 1.165) is 41.4 Å². The largest absolute Gasteiger partial charge is 0.122 e. The molecule has 7 rings (SSSR count). The first-order chi connectivity index (χ1) is 8.74. The normalized spacial score (nSPS) is 64.7. The Bertz CT molecular complexity index is 365. The zero-order chi connectivity index (χ0) is 12.1. The monoisotopic (exact) mass is 264 g/mol. The fourth-order valence-corrected chi connectivity index (χ4v) is 8.42. The standard InChI is InChI=1S/C17H25Cl/c1-2-16(18)17-8-10-4-12-11-3-9(6-14(12)17)7-15(17)13(11)5-10/h9-16H,2-8H2,1H3. The molecule has 5 atom stereocenters. The fourth-order valence-electron chi connectivity index (χ4n) is 8.00. The van der Waals surface area contributed by atoms with Gasteiger partial charge in [-0.2, -0.15) is 0 Å². The molecule has 0 nitrogen and oxygen atoms in total. The van der Waals surface area contributed by atoms with Crippen LogP contribution in [0.15, 0.2) is 0 Å². The van der Waals surface area contributed by atoms with Gasteiger partial charge in [-0.25, -0.2) is 0 Å². The lowest BCUT2D eigenvalue weighted by Crippen LogP contribution is -2.70. The van der Waals surface area contributed by atoms with Crippen LogP contribution in [0.2, 0.25) is 0 Å². The van der Waals surface area contributed by atoms with E-state index < -0.39 is 0 Å². The first-order valence-electron chi connectivity index (χ1n) is 8.38. The minimum Gasteiger partial charge on any atom is -0.122 e. The summed E-state index contributed by atoms with van der Waals surface area (Å²) in [6.07, 6.45) is 10.6. The number of hydrogen-bond acceptors (Lipinski definition) is 0. The summed E-state index contributed by atoms with van der Waals surface area (Å²) >= 11 is 6.95. The van der Waals surface area contributed by atoms with Gasteiger partial charge < -0.3 is 0 Å². The van der Waals surface area contributed by atoms with Gasteiger partial charge in [-0.05, 0) is 91.8 Å². The molecule has 5 unspecified atom stereocenters. The zero-order valence-corrected chi connectivity index (χ0v) is 12.2. The van der Waals surface area contributed by atoms with Crippen molar-refractivity contribution in [3.63, 3.8) is 0 Å². The summed E-state index contributed by atoms with van der Waals surface area (Å²) in [5.74, 6) is 7.57. The molecule has 0 spiro atoms. The number of hydrogen-bond donors (Lipinski definition) is 0. The minimum absolute atomic E-state index is 0.487. The molecule has 7 saturated carbocycles. The van der Waals surface area contributed by atoms with Crippen molar-refractivity contribution in [2.75, 3.05) is 0 Å². The van der Waals surface area contributed by atoms with Crippen LogP contribution >= 0.6 is 11.6 Å². The van der Waals surface area contributed by atoms with E-state index in [1.165, 1.54) is 12.8 Å². The minimum atomic E-state index is 0.487. The second-order valence-electron chi connectivity index (χ2n) is 8.31. The van der Waals surface area contributed by atoms with Crippen molar-refractivity contribution in [2.45, 2.75) is 57.2 Å². The predicted octanol–water partition coefficient (Wildman–Crippen LogP) is 4.71. The zero-order valence-electron chi connectivity index (χ0n) is 11.4. The average Bonchev–Trinajstić information content (AvgIpc) is 2.42. The van der Waals surface area contributed by atoms with Gasteiger partial charge in [0, 0.05) is 5.38 Å². The average molecular weight is 265 g/mol. The van der Waals surface area contributed by atoms with Gasteiger partial charge in [-0.3, -0.25) is 0 Å². The van der Waals surface area contributed by atoms with Crippen molar-refractivity contribution in [3.8, 4) is 0 Å². The molecule has 1 heteroatoms. The van der Waals surface area contributed by atoms with Crippen molar-refractivity contribution in [3.05, 3.63) is 0 Å². The molecule has 7 aliphatic rings. The van der Waals surface area contributed by atoms with E-state index in [0.29, 0.717) is 10.8 Å². The molecule has 0 saturated heterocycles. The van der Waals surface area contributed by atoms with Crippen molar-refractivity contribution in [1.82, 2.24) is 0 Å². The van der Waals surface area contributed by atoms with Crippen molar-refractivity contribution < 1.29 is 0 Å². The molecule has 0 aromatic carbocycles. The third kappa shape index (κ3) is 1.01. The summed E-state index contributed by atoms with van der Waals surface area (Å²) in [6.45, 7) is 2.33. The first kappa shape index (κ1) is 11.0. The van der Waals surface area contributed by atoms with Gasteiger partial charge >= 0.3 is 0 Å². The Morgan fingerprint density at radius 2 is 1.56 bits per heavy atom. The van der Waals surface area contributed by atoms with Gasteiger partial charge in [-0.1, -0.05) is 6.92 Å². The molecule has 0 aromatic heterocycles. The van der Waals surface area contributed by atoms with E-state index in [9.17, 15) is 0 Å². The maximum Gasteiger partial charge on any atom is 0.0395 e. The second-order valence-corrected chi connectivity index (χ2v) is 8.83. The summed E-state index contributed by atoms with van der Waals surface area (Å²) in [6, 6.07) is 0. The molecule has 7 aliphatic carbocycles. The van der Waals surface area contributed by atoms with Crippen LogP contribution in [-0.2, 0) is 0 Å². The van der Waals surface area contributed by atoms with Crippen LogP contribution in [0.25, 0.3) is 0 Å². The van der Waals surface area contributed by atoms with Crippen LogP contribution in [-0.4, -0.2) is 5.38 Å². The van der Waals surface area contributed by atoms with Gasteiger partial charge in [0.05, 0.1) is 0 Å². The molecule has 7 fully saturated rings. The molecule has 0 heterocycles. The number of halogens is 1. The van der Waals surface area contributed by atoms with Crippen LogP contribution < -0.4 is 0 Å². The summed E-state index contributed by atoms with van der Waals surface area (Å²) in [7, 11) is 0. The Balaban J connectivity index is 1.67. The maximum atomic E-state index is 6.95. The highest BCUT2D eigenvalue weighted by atomic mass is 35.5. The van der Waals surface area contributed by atoms with Gasteiger partial charge in [0.1, 0.15) is 0 Å². The molecular weight excluding hydrogens is 240 g/mol. The molecule has 18 heavy (non-hydrogen) atoms. The molecule has 100 valence electrons. The maximum absolute atomic E-state index is 6.95. The molecule has 8 bridgehead atoms. The molecular formula is C17H25Cl. The fraction of sp³-hybridized carbons (Fsp3) is 1.00. The summed E-state index contributed by atoms with van der Waals surface area (Å²) in [4.78, 5) is 0. The highest BCUT2D eigenvalue weighted by Crippen LogP contribution is 2.77. The Labute approximate surface area is 116 Å². The van der Waals surface area contributed by atoms with Gasteiger partial charge in [-0.15, -0.1) is 11.6 Å². The molecule has 0 amide bonds. The van der Waals surface area contributed by atoms with Crippen LogP contribution in [0, 0.1) is 46.8 Å². The van der Waals surface area contributed by atoms with E-state index >= 15 is 0 Å². The third-order valence-electron chi connectivity index (χ3n) is 8.09. The van der Waals surface area contributed by atoms with E-state index in [1.54, 1.807) is 32.1 Å². The third-order valence-corrected chi connectivity index (χ3v) is 8.80. The smallest absolute Gasteiger partial charge is 0.0395 e. The lowest BCUT2D eigenvalue weighted by Gasteiger charge is -2.75. The Hall–Kier alpha value is 0.290. The van der Waals surface area contributed by atoms with E-state index in [-0.39, 0.29) is 0 Å². The highest BCUT2D eigenvalue weighted by Gasteiger charge is 2.71. The Morgan fingerprint density at radius 1 is 0.944 bits per heavy atom. The van der Waals surface area contributed by atoms with E-state index in [4.69, 9.17) is 11.6 Å². The van der Waals surface area contributed by atoms with Crippen molar-refractivity contribution in [1.29, 1.82) is 0 Å². The van der Waals surface area contributed by atoms with Gasteiger partial charge in [0.2, 0.25) is 0 Å². The summed E-state index contributed by atoms with van der Waals surface area (Å²) in [5, 5.41) is 0.487. The van der Waals surface area contributed by atoms with E-state index in [1.807, 2.05) is 0 Å². The van der Waals surface area contributed by atoms with E-state index in [2.05, 4.69) is 6.92 Å². The van der Waals surface area contributed by atoms with Crippen LogP contribution in [0.1, 0.15) is 51.9 Å². The highest BCUT2D eigenvalue weighted by molar-refractivity contribution is 6.21. The Morgan fingerprint density at radius 3 is 2.17 bits per heavy atom. The predicted molar refractivity (Wildman–Crippen MR) is 74.5 cm³/mol. The summed E-state index contributed by atoms with van der Waals surface area (Å²) < 4.78 is 0. The van der Waals surface area contributed by atoms with Crippen LogP contribution in [0.5, 0.6) is 0 Å². The van der Waals surface area contributed by atoms with Gasteiger partial charge in [0.25, 0.3) is 0 Å². The quantitative estimate of drug-likeness (QED) is 0.634. The lowest BCUT2D eigenvalue weighted by atomic mass is 9.30. The lowest BCUT2D eigenvalue weighted by molar-refractivity contribution is -0.256. The Kier molecular flexibility index (Phi) is 2.02. The SMILES string of the molecule is CCC(Cl)C12CC3CC4C5CC(CC41)CC2C5C3. The number of alkyl halides is 1. The molecule has 0 aromatic rings.